The van der Waals surface area contributed by atoms with Gasteiger partial charge in [0.05, 0.1) is 11.5 Å². The third-order valence-electron chi connectivity index (χ3n) is 5.22. The SMILES string of the molecule is CC(C)C(C(=O)O)(C(C)C=CCl)C(NS)c1cccc(Oc2ccccc2)c1. The van der Waals surface area contributed by atoms with Crippen molar-refractivity contribution >= 4 is 30.4 Å². The van der Waals surface area contributed by atoms with Crippen molar-refractivity contribution in [3.05, 3.63) is 71.8 Å². The van der Waals surface area contributed by atoms with Crippen LogP contribution in [0.1, 0.15) is 32.4 Å². The minimum atomic E-state index is -1.17. The molecule has 0 bridgehead atoms. The molecule has 28 heavy (non-hydrogen) atoms. The monoisotopic (exact) mass is 419 g/mol. The van der Waals surface area contributed by atoms with Crippen molar-refractivity contribution in [2.24, 2.45) is 17.3 Å². The largest absolute Gasteiger partial charge is 0.481 e. The number of halogens is 1. The van der Waals surface area contributed by atoms with E-state index in [0.29, 0.717) is 11.5 Å². The van der Waals surface area contributed by atoms with Crippen LogP contribution in [0.3, 0.4) is 0 Å². The van der Waals surface area contributed by atoms with Gasteiger partial charge in [-0.2, -0.15) is 0 Å². The quantitative estimate of drug-likeness (QED) is 0.432. The lowest BCUT2D eigenvalue weighted by atomic mass is 9.62. The van der Waals surface area contributed by atoms with Gasteiger partial charge in [0, 0.05) is 5.54 Å². The molecule has 0 fully saturated rings. The maximum absolute atomic E-state index is 12.5. The molecule has 2 rings (SSSR count). The number of hydrogen-bond acceptors (Lipinski definition) is 4. The van der Waals surface area contributed by atoms with Crippen LogP contribution in [0.15, 0.2) is 66.2 Å². The smallest absolute Gasteiger partial charge is 0.312 e. The fourth-order valence-electron chi connectivity index (χ4n) is 3.79. The van der Waals surface area contributed by atoms with Crippen molar-refractivity contribution in [2.75, 3.05) is 0 Å². The fourth-order valence-corrected chi connectivity index (χ4v) is 4.38. The Morgan fingerprint density at radius 1 is 1.14 bits per heavy atom. The summed E-state index contributed by atoms with van der Waals surface area (Å²) in [5, 5.41) is 10.3. The Balaban J connectivity index is 2.51. The fraction of sp³-hybridized carbons (Fsp3) is 0.318. The molecule has 2 aromatic rings. The van der Waals surface area contributed by atoms with Gasteiger partial charge in [0.25, 0.3) is 0 Å². The van der Waals surface area contributed by atoms with Crippen LogP contribution in [0.2, 0.25) is 0 Å². The molecule has 0 saturated heterocycles. The Labute approximate surface area is 177 Å². The van der Waals surface area contributed by atoms with E-state index in [4.69, 9.17) is 16.3 Å². The highest BCUT2D eigenvalue weighted by atomic mass is 35.5. The number of benzene rings is 2. The molecule has 0 amide bonds. The van der Waals surface area contributed by atoms with Crippen LogP contribution < -0.4 is 9.46 Å². The van der Waals surface area contributed by atoms with Gasteiger partial charge in [0.1, 0.15) is 11.5 Å². The van der Waals surface area contributed by atoms with Gasteiger partial charge in [-0.25, -0.2) is 0 Å². The third-order valence-corrected chi connectivity index (χ3v) is 5.62. The van der Waals surface area contributed by atoms with E-state index in [1.165, 1.54) is 5.54 Å². The van der Waals surface area contributed by atoms with Crippen LogP contribution in [-0.4, -0.2) is 11.1 Å². The topological polar surface area (TPSA) is 58.6 Å². The van der Waals surface area contributed by atoms with E-state index in [1.807, 2.05) is 75.4 Å². The molecular formula is C22H26ClNO3S. The van der Waals surface area contributed by atoms with Crippen LogP contribution in [-0.2, 0) is 4.79 Å². The van der Waals surface area contributed by atoms with E-state index in [1.54, 1.807) is 6.08 Å². The first-order valence-electron chi connectivity index (χ1n) is 9.10. The molecule has 0 heterocycles. The summed E-state index contributed by atoms with van der Waals surface area (Å²) in [5.41, 5.74) is 0.975. The Hall–Kier alpha value is -1.95. The van der Waals surface area contributed by atoms with Crippen LogP contribution >= 0.6 is 24.4 Å². The molecule has 0 aliphatic rings. The number of carboxylic acid groups (broad SMARTS) is 1. The molecule has 0 spiro atoms. The first-order chi connectivity index (χ1) is 13.4. The maximum Gasteiger partial charge on any atom is 0.312 e. The number of aliphatic carboxylic acids is 1. The first-order valence-corrected chi connectivity index (χ1v) is 9.99. The van der Waals surface area contributed by atoms with Gasteiger partial charge < -0.3 is 9.84 Å². The molecule has 6 heteroatoms. The highest BCUT2D eigenvalue weighted by molar-refractivity contribution is 7.78. The van der Waals surface area contributed by atoms with Crippen LogP contribution in [0.5, 0.6) is 11.5 Å². The summed E-state index contributed by atoms with van der Waals surface area (Å²) < 4.78 is 8.85. The second-order valence-corrected chi connectivity index (χ2v) is 7.56. The molecule has 0 saturated carbocycles. The average Bonchev–Trinajstić information content (AvgIpc) is 2.66. The molecular weight excluding hydrogens is 394 g/mol. The molecule has 0 aliphatic heterocycles. The van der Waals surface area contributed by atoms with Crippen LogP contribution in [0.4, 0.5) is 0 Å². The predicted octanol–water partition coefficient (Wildman–Crippen LogP) is 6.07. The Morgan fingerprint density at radius 3 is 2.32 bits per heavy atom. The first kappa shape index (κ1) is 22.3. The Bertz CT molecular complexity index is 812. The summed E-state index contributed by atoms with van der Waals surface area (Å²) in [4.78, 5) is 12.5. The normalized spacial score (nSPS) is 15.9. The molecule has 2 aromatic carbocycles. The van der Waals surface area contributed by atoms with E-state index in [9.17, 15) is 9.90 Å². The number of nitrogens with one attached hydrogen (secondary N) is 1. The van der Waals surface area contributed by atoms with Crippen molar-refractivity contribution in [3.8, 4) is 11.5 Å². The molecule has 150 valence electrons. The molecule has 3 unspecified atom stereocenters. The van der Waals surface area contributed by atoms with E-state index in [-0.39, 0.29) is 11.8 Å². The van der Waals surface area contributed by atoms with E-state index >= 15 is 0 Å². The summed E-state index contributed by atoms with van der Waals surface area (Å²) in [6, 6.07) is 16.3. The van der Waals surface area contributed by atoms with Gasteiger partial charge in [-0.3, -0.25) is 9.52 Å². The van der Waals surface area contributed by atoms with Crippen LogP contribution in [0.25, 0.3) is 0 Å². The number of allylic oxidation sites excluding steroid dienone is 1. The summed E-state index contributed by atoms with van der Waals surface area (Å²) in [7, 11) is 0. The number of carboxylic acids is 1. The van der Waals surface area contributed by atoms with Crippen molar-refractivity contribution in [3.63, 3.8) is 0 Å². The second kappa shape index (κ2) is 10.0. The Kier molecular flexibility index (Phi) is 7.98. The van der Waals surface area contributed by atoms with E-state index in [2.05, 4.69) is 17.5 Å². The van der Waals surface area contributed by atoms with Gasteiger partial charge in [-0.1, -0.05) is 81.6 Å². The summed E-state index contributed by atoms with van der Waals surface area (Å²) in [5.74, 6) is -0.115. The number of rotatable bonds is 9. The molecule has 0 radical (unpaired) electrons. The minimum Gasteiger partial charge on any atom is -0.481 e. The molecule has 0 aromatic heterocycles. The summed E-state index contributed by atoms with van der Waals surface area (Å²) >= 11 is 10.1. The highest BCUT2D eigenvalue weighted by Crippen LogP contribution is 2.48. The van der Waals surface area contributed by atoms with E-state index in [0.717, 1.165) is 5.56 Å². The minimum absolute atomic E-state index is 0.198. The van der Waals surface area contributed by atoms with Crippen LogP contribution in [0, 0.1) is 17.3 Å². The zero-order chi connectivity index (χ0) is 20.7. The number of hydrogen-bond donors (Lipinski definition) is 3. The van der Waals surface area contributed by atoms with Crippen molar-refractivity contribution in [1.82, 2.24) is 4.72 Å². The molecule has 2 N–H and O–H groups in total. The summed E-state index contributed by atoms with van der Waals surface area (Å²) in [6.07, 6.45) is 1.71. The Morgan fingerprint density at radius 2 is 1.79 bits per heavy atom. The summed E-state index contributed by atoms with van der Waals surface area (Å²) in [6.45, 7) is 5.65. The third kappa shape index (κ3) is 4.54. The number of para-hydroxylation sites is 1. The molecule has 3 atom stereocenters. The van der Waals surface area contributed by atoms with Crippen molar-refractivity contribution in [1.29, 1.82) is 0 Å². The standard InChI is InChI=1S/C22H26ClNO3S/c1-15(2)22(21(25)26,16(3)12-13-23)20(24-28)17-8-7-11-19(14-17)27-18-9-5-4-6-10-18/h4-16,20,24,28H,1-3H3,(H,25,26). The average molecular weight is 420 g/mol. The predicted molar refractivity (Wildman–Crippen MR) is 117 cm³/mol. The van der Waals surface area contributed by atoms with Gasteiger partial charge >= 0.3 is 5.97 Å². The molecule has 0 aliphatic carbocycles. The van der Waals surface area contributed by atoms with Gasteiger partial charge in [0.2, 0.25) is 0 Å². The lowest BCUT2D eigenvalue weighted by Gasteiger charge is -2.43. The second-order valence-electron chi connectivity index (χ2n) is 7.05. The zero-order valence-electron chi connectivity index (χ0n) is 16.2. The lowest BCUT2D eigenvalue weighted by molar-refractivity contribution is -0.157. The van der Waals surface area contributed by atoms with Crippen molar-refractivity contribution < 1.29 is 14.6 Å². The maximum atomic E-state index is 12.5. The van der Waals surface area contributed by atoms with Gasteiger partial charge in [0.15, 0.2) is 0 Å². The zero-order valence-corrected chi connectivity index (χ0v) is 17.8. The highest BCUT2D eigenvalue weighted by Gasteiger charge is 2.52. The lowest BCUT2D eigenvalue weighted by Crippen LogP contribution is -2.49. The number of ether oxygens (including phenoxy) is 1. The van der Waals surface area contributed by atoms with Gasteiger partial charge in [-0.15, -0.1) is 0 Å². The number of thiol groups is 1. The molecule has 4 nitrogen and oxygen atoms in total. The number of carbonyl (C=O) groups is 1. The van der Waals surface area contributed by atoms with E-state index < -0.39 is 17.4 Å². The van der Waals surface area contributed by atoms with Gasteiger partial charge in [-0.05, 0) is 41.7 Å². The van der Waals surface area contributed by atoms with Crippen molar-refractivity contribution in [2.45, 2.75) is 26.8 Å².